The van der Waals surface area contributed by atoms with Gasteiger partial charge in [0.1, 0.15) is 6.04 Å². The molecule has 5 heteroatoms. The van der Waals surface area contributed by atoms with Crippen LogP contribution < -0.4 is 10.6 Å². The van der Waals surface area contributed by atoms with Crippen molar-refractivity contribution in [1.29, 1.82) is 0 Å². The predicted molar refractivity (Wildman–Crippen MR) is 138 cm³/mol. The van der Waals surface area contributed by atoms with Gasteiger partial charge in [-0.2, -0.15) is 0 Å². The second-order valence-corrected chi connectivity index (χ2v) is 10.9. The molecule has 186 valence electrons. The number of nitrogens with one attached hydrogen (secondary N) is 2. The summed E-state index contributed by atoms with van der Waals surface area (Å²) in [5, 5.41) is 6.40. The van der Waals surface area contributed by atoms with Gasteiger partial charge in [-0.05, 0) is 49.3 Å². The van der Waals surface area contributed by atoms with Crippen molar-refractivity contribution in [3.8, 4) is 0 Å². The number of nitrogens with zero attached hydrogens (tertiary/aromatic N) is 1. The Balaban J connectivity index is 1.39. The minimum Gasteiger partial charge on any atom is -0.343 e. The number of fused-ring (bicyclic) bond motifs is 2. The van der Waals surface area contributed by atoms with Crippen LogP contribution >= 0.6 is 0 Å². The number of hydrogen-bond donors (Lipinski definition) is 2. The molecule has 0 bridgehead atoms. The van der Waals surface area contributed by atoms with Gasteiger partial charge in [0, 0.05) is 18.5 Å². The third-order valence-corrected chi connectivity index (χ3v) is 8.78. The number of likely N-dealkylation sites (tertiary alicyclic amines) is 1. The first-order valence-corrected chi connectivity index (χ1v) is 13.5. The maximum atomic E-state index is 13.7. The lowest BCUT2D eigenvalue weighted by Gasteiger charge is -2.41. The van der Waals surface area contributed by atoms with Crippen molar-refractivity contribution in [1.82, 2.24) is 15.5 Å². The van der Waals surface area contributed by atoms with Crippen LogP contribution in [-0.2, 0) is 15.0 Å². The van der Waals surface area contributed by atoms with Crippen molar-refractivity contribution in [2.24, 2.45) is 11.8 Å². The Morgan fingerprint density at radius 2 is 1.82 bits per heavy atom. The number of carbonyl (C=O) groups is 2. The standard InChI is InChI=1S/C29H43N3O2/c1-4-21(2)26(31-27(33)25(30-3)20-22-10-6-5-7-11-22)28(34)32-18-16-29(17-19-32)15-14-23-12-8-9-13-24(23)29/h8-9,12-15,21-22,25-26,30H,4-7,10-11,16-20H2,1-3H3,(H,31,33)/t21-,25-,26+/m0/s1. The molecule has 0 radical (unpaired) electrons. The van der Waals surface area contributed by atoms with Gasteiger partial charge in [0.2, 0.25) is 11.8 Å². The molecule has 1 spiro atoms. The number of hydrogen-bond acceptors (Lipinski definition) is 3. The highest BCUT2D eigenvalue weighted by Gasteiger charge is 2.41. The summed E-state index contributed by atoms with van der Waals surface area (Å²) in [6.07, 6.45) is 14.5. The van der Waals surface area contributed by atoms with Crippen molar-refractivity contribution in [3.05, 3.63) is 41.5 Å². The summed E-state index contributed by atoms with van der Waals surface area (Å²) in [5.41, 5.74) is 2.76. The van der Waals surface area contributed by atoms with Gasteiger partial charge in [0.25, 0.3) is 0 Å². The van der Waals surface area contributed by atoms with E-state index in [0.29, 0.717) is 5.92 Å². The molecule has 0 aromatic heterocycles. The Kier molecular flexibility index (Phi) is 8.13. The first kappa shape index (κ1) is 25.0. The fourth-order valence-electron chi connectivity index (χ4n) is 6.24. The zero-order valence-corrected chi connectivity index (χ0v) is 21.3. The van der Waals surface area contributed by atoms with E-state index in [2.05, 4.69) is 60.9 Å². The molecule has 4 rings (SSSR count). The Morgan fingerprint density at radius 3 is 2.50 bits per heavy atom. The van der Waals surface area contributed by atoms with Gasteiger partial charge in [-0.25, -0.2) is 0 Å². The van der Waals surface area contributed by atoms with E-state index >= 15 is 0 Å². The van der Waals surface area contributed by atoms with Gasteiger partial charge >= 0.3 is 0 Å². The zero-order valence-electron chi connectivity index (χ0n) is 21.3. The smallest absolute Gasteiger partial charge is 0.245 e. The predicted octanol–water partition coefficient (Wildman–Crippen LogP) is 4.66. The highest BCUT2D eigenvalue weighted by Crippen LogP contribution is 2.43. The van der Waals surface area contributed by atoms with Crippen LogP contribution in [0.5, 0.6) is 0 Å². The van der Waals surface area contributed by atoms with Crippen molar-refractivity contribution in [2.45, 2.75) is 89.1 Å². The first-order valence-electron chi connectivity index (χ1n) is 13.5. The summed E-state index contributed by atoms with van der Waals surface area (Å²) in [6.45, 7) is 5.65. The minimum atomic E-state index is -0.458. The molecule has 1 aliphatic heterocycles. The first-order chi connectivity index (χ1) is 16.5. The van der Waals surface area contributed by atoms with E-state index in [1.54, 1.807) is 0 Å². The van der Waals surface area contributed by atoms with Crippen LogP contribution in [-0.4, -0.2) is 48.9 Å². The molecule has 2 N–H and O–H groups in total. The quantitative estimate of drug-likeness (QED) is 0.587. The molecular formula is C29H43N3O2. The van der Waals surface area contributed by atoms with Crippen molar-refractivity contribution in [2.75, 3.05) is 20.1 Å². The minimum absolute atomic E-state index is 0.0205. The lowest BCUT2D eigenvalue weighted by Crippen LogP contribution is -2.57. The monoisotopic (exact) mass is 465 g/mol. The molecular weight excluding hydrogens is 422 g/mol. The summed E-state index contributed by atoms with van der Waals surface area (Å²) in [6, 6.07) is 7.93. The van der Waals surface area contributed by atoms with Gasteiger partial charge in [-0.1, -0.05) is 88.8 Å². The number of allylic oxidation sites excluding steroid dienone is 1. The fourth-order valence-corrected chi connectivity index (χ4v) is 6.24. The number of rotatable bonds is 8. The number of likely N-dealkylation sites (N-methyl/N-ethyl adjacent to an activating group) is 1. The van der Waals surface area contributed by atoms with E-state index in [1.807, 2.05) is 11.9 Å². The van der Waals surface area contributed by atoms with Crippen LogP contribution in [0.1, 0.15) is 82.8 Å². The average Bonchev–Trinajstić information content (AvgIpc) is 3.23. The molecule has 1 heterocycles. The lowest BCUT2D eigenvalue weighted by atomic mass is 9.74. The molecule has 2 aliphatic carbocycles. The Morgan fingerprint density at radius 1 is 1.12 bits per heavy atom. The van der Waals surface area contributed by atoms with Gasteiger partial charge in [0.15, 0.2) is 0 Å². The molecule has 1 saturated carbocycles. The number of carbonyl (C=O) groups excluding carboxylic acids is 2. The van der Waals surface area contributed by atoms with Crippen LogP contribution in [0.4, 0.5) is 0 Å². The largest absolute Gasteiger partial charge is 0.343 e. The van der Waals surface area contributed by atoms with E-state index in [-0.39, 0.29) is 29.2 Å². The lowest BCUT2D eigenvalue weighted by molar-refractivity contribution is -0.139. The molecule has 3 aliphatic rings. The van der Waals surface area contributed by atoms with Crippen LogP contribution in [0.15, 0.2) is 30.3 Å². The van der Waals surface area contributed by atoms with Crippen LogP contribution in [0.25, 0.3) is 6.08 Å². The molecule has 0 unspecified atom stereocenters. The van der Waals surface area contributed by atoms with Gasteiger partial charge in [0.05, 0.1) is 6.04 Å². The molecule has 2 amide bonds. The van der Waals surface area contributed by atoms with Gasteiger partial charge < -0.3 is 15.5 Å². The Hall–Kier alpha value is -2.14. The normalized spacial score (nSPS) is 22.3. The second-order valence-electron chi connectivity index (χ2n) is 10.9. The van der Waals surface area contributed by atoms with E-state index in [0.717, 1.165) is 38.8 Å². The van der Waals surface area contributed by atoms with E-state index in [4.69, 9.17) is 0 Å². The average molecular weight is 466 g/mol. The highest BCUT2D eigenvalue weighted by molar-refractivity contribution is 5.90. The van der Waals surface area contributed by atoms with Crippen molar-refractivity contribution >= 4 is 17.9 Å². The highest BCUT2D eigenvalue weighted by atomic mass is 16.2. The molecule has 1 saturated heterocycles. The van der Waals surface area contributed by atoms with Gasteiger partial charge in [-0.3, -0.25) is 9.59 Å². The maximum Gasteiger partial charge on any atom is 0.245 e. The molecule has 2 fully saturated rings. The molecule has 34 heavy (non-hydrogen) atoms. The summed E-state index contributed by atoms with van der Waals surface area (Å²) in [4.78, 5) is 28.9. The number of amides is 2. The third kappa shape index (κ3) is 5.25. The van der Waals surface area contributed by atoms with Crippen molar-refractivity contribution in [3.63, 3.8) is 0 Å². The number of benzene rings is 1. The SMILES string of the molecule is CC[C@H](C)[C@@H](NC(=O)[C@H](CC1CCCCC1)NC)C(=O)N1CCC2(C=Cc3ccccc32)CC1. The summed E-state index contributed by atoms with van der Waals surface area (Å²) < 4.78 is 0. The molecule has 1 aromatic carbocycles. The maximum absolute atomic E-state index is 13.7. The second kappa shape index (κ2) is 11.1. The molecule has 3 atom stereocenters. The Labute approximate surface area is 205 Å². The zero-order chi connectivity index (χ0) is 24.1. The van der Waals surface area contributed by atoms with E-state index in [1.165, 1.54) is 43.2 Å². The van der Waals surface area contributed by atoms with Crippen LogP contribution in [0, 0.1) is 11.8 Å². The summed E-state index contributed by atoms with van der Waals surface area (Å²) in [7, 11) is 1.87. The summed E-state index contributed by atoms with van der Waals surface area (Å²) in [5.74, 6) is 0.773. The summed E-state index contributed by atoms with van der Waals surface area (Å²) >= 11 is 0. The Bertz CT molecular complexity index is 881. The van der Waals surface area contributed by atoms with Crippen molar-refractivity contribution < 1.29 is 9.59 Å². The van der Waals surface area contributed by atoms with E-state index < -0.39 is 6.04 Å². The van der Waals surface area contributed by atoms with Crippen LogP contribution in [0.2, 0.25) is 0 Å². The fraction of sp³-hybridized carbons (Fsp3) is 0.655. The van der Waals surface area contributed by atoms with Crippen LogP contribution in [0.3, 0.4) is 0 Å². The number of piperidine rings is 1. The molecule has 5 nitrogen and oxygen atoms in total. The third-order valence-electron chi connectivity index (χ3n) is 8.78. The topological polar surface area (TPSA) is 61.4 Å². The van der Waals surface area contributed by atoms with Gasteiger partial charge in [-0.15, -0.1) is 0 Å². The molecule has 1 aromatic rings. The van der Waals surface area contributed by atoms with E-state index in [9.17, 15) is 9.59 Å².